The number of benzene rings is 2. The molecule has 9 heteroatoms. The number of nitrogens with one attached hydrogen (secondary N) is 1. The van der Waals surface area contributed by atoms with Crippen molar-refractivity contribution in [2.45, 2.75) is 81.5 Å². The summed E-state index contributed by atoms with van der Waals surface area (Å²) in [7, 11) is -2.88. The first-order chi connectivity index (χ1) is 22.7. The Balaban J connectivity index is 1.26. The summed E-state index contributed by atoms with van der Waals surface area (Å²) in [6.45, 7) is 6.51. The van der Waals surface area contributed by atoms with Crippen molar-refractivity contribution >= 4 is 38.8 Å². The van der Waals surface area contributed by atoms with Gasteiger partial charge in [0.05, 0.1) is 41.3 Å². The quantitative estimate of drug-likeness (QED) is 0.285. The highest BCUT2D eigenvalue weighted by Crippen LogP contribution is 2.47. The van der Waals surface area contributed by atoms with Crippen molar-refractivity contribution in [2.75, 3.05) is 44.4 Å². The molecule has 47 heavy (non-hydrogen) atoms. The van der Waals surface area contributed by atoms with Gasteiger partial charge < -0.3 is 19.1 Å². The zero-order chi connectivity index (χ0) is 32.6. The molecule has 1 N–H and O–H groups in total. The third-order valence-corrected chi connectivity index (χ3v) is 13.9. The van der Waals surface area contributed by atoms with Gasteiger partial charge in [-0.05, 0) is 117 Å². The van der Waals surface area contributed by atoms with Crippen LogP contribution in [-0.4, -0.2) is 66.9 Å². The molecule has 2 unspecified atom stereocenters. The van der Waals surface area contributed by atoms with E-state index >= 15 is 0 Å². The number of aryl methyl sites for hydroxylation is 1. The Morgan fingerprint density at radius 3 is 2.85 bits per heavy atom. The Morgan fingerprint density at radius 2 is 2.06 bits per heavy atom. The van der Waals surface area contributed by atoms with Gasteiger partial charge in [-0.2, -0.15) is 0 Å². The van der Waals surface area contributed by atoms with Crippen LogP contribution >= 0.6 is 11.6 Å². The van der Waals surface area contributed by atoms with Crippen LogP contribution in [0, 0.1) is 17.8 Å². The van der Waals surface area contributed by atoms with E-state index in [9.17, 15) is 9.00 Å². The van der Waals surface area contributed by atoms with E-state index in [0.29, 0.717) is 49.4 Å². The lowest BCUT2D eigenvalue weighted by Crippen LogP contribution is -2.49. The van der Waals surface area contributed by atoms with E-state index in [0.717, 1.165) is 87.7 Å². The SMILES string of the molecule is C=S1(=O)NC(=O)c2ccc3c(c2)N(C[C@@H]2CC[C@H]2[C@@H](OCC2CCOC2)/C=C/CC[C@H]1CC)C[C@@]1(CCCc2cc(Cl)ccc21)CO3. The minimum absolute atomic E-state index is 0.0201. The van der Waals surface area contributed by atoms with Crippen LogP contribution in [0.4, 0.5) is 5.69 Å². The van der Waals surface area contributed by atoms with Crippen molar-refractivity contribution in [1.82, 2.24) is 4.72 Å². The highest BCUT2D eigenvalue weighted by molar-refractivity contribution is 7.99. The van der Waals surface area contributed by atoms with Gasteiger partial charge in [-0.25, -0.2) is 4.21 Å². The van der Waals surface area contributed by atoms with Crippen LogP contribution < -0.4 is 14.4 Å². The van der Waals surface area contributed by atoms with Crippen molar-refractivity contribution in [3.8, 4) is 5.75 Å². The Morgan fingerprint density at radius 1 is 1.17 bits per heavy atom. The molecule has 7 atom stereocenters. The van der Waals surface area contributed by atoms with E-state index in [2.05, 4.69) is 39.8 Å². The van der Waals surface area contributed by atoms with Crippen LogP contribution in [0.3, 0.4) is 0 Å². The van der Waals surface area contributed by atoms with Crippen LogP contribution in [-0.2, 0) is 31.0 Å². The summed E-state index contributed by atoms with van der Waals surface area (Å²) in [5.41, 5.74) is 3.83. The molecule has 2 fully saturated rings. The maximum Gasteiger partial charge on any atom is 0.262 e. The second-order valence-corrected chi connectivity index (χ2v) is 17.3. The number of amides is 1. The molecule has 2 aliphatic carbocycles. The summed E-state index contributed by atoms with van der Waals surface area (Å²) in [4.78, 5) is 16.1. The van der Waals surface area contributed by atoms with Crippen LogP contribution in [0.25, 0.3) is 0 Å². The van der Waals surface area contributed by atoms with Crippen molar-refractivity contribution < 1.29 is 23.2 Å². The number of rotatable bonds is 4. The molecule has 2 bridgehead atoms. The second-order valence-electron chi connectivity index (χ2n) is 14.5. The monoisotopic (exact) mass is 680 g/mol. The van der Waals surface area contributed by atoms with Gasteiger partial charge in [-0.3, -0.25) is 9.52 Å². The van der Waals surface area contributed by atoms with E-state index in [1.165, 1.54) is 11.1 Å². The summed E-state index contributed by atoms with van der Waals surface area (Å²) in [5.74, 6) is 5.76. The Bertz CT molecular complexity index is 1600. The molecule has 254 valence electrons. The van der Waals surface area contributed by atoms with Crippen LogP contribution in [0.5, 0.6) is 5.75 Å². The zero-order valence-corrected chi connectivity index (χ0v) is 29.2. The average molecular weight is 681 g/mol. The van der Waals surface area contributed by atoms with Crippen LogP contribution in [0.15, 0.2) is 48.6 Å². The van der Waals surface area contributed by atoms with E-state index < -0.39 is 9.71 Å². The molecule has 1 spiro atoms. The fraction of sp³-hybridized carbons (Fsp3) is 0.579. The lowest BCUT2D eigenvalue weighted by Gasteiger charge is -2.46. The summed E-state index contributed by atoms with van der Waals surface area (Å²) in [6, 6.07) is 12.0. The number of allylic oxidation sites excluding steroid dienone is 1. The summed E-state index contributed by atoms with van der Waals surface area (Å²) >= 11 is 6.47. The molecule has 7 rings (SSSR count). The highest BCUT2D eigenvalue weighted by atomic mass is 35.5. The number of hydrogen-bond donors (Lipinski definition) is 1. The molecule has 0 radical (unpaired) electrons. The molecule has 1 saturated heterocycles. The van der Waals surface area contributed by atoms with Gasteiger partial charge in [-0.15, -0.1) is 0 Å². The molecule has 7 nitrogen and oxygen atoms in total. The van der Waals surface area contributed by atoms with E-state index in [1.807, 2.05) is 25.1 Å². The fourth-order valence-electron chi connectivity index (χ4n) is 8.55. The molecule has 0 aromatic heterocycles. The first kappa shape index (κ1) is 33.0. The molecule has 5 aliphatic rings. The molecular formula is C38H49ClN2O5S. The second kappa shape index (κ2) is 13.8. The number of anilines is 1. The molecule has 3 heterocycles. The Kier molecular flexibility index (Phi) is 9.67. The molecule has 1 saturated carbocycles. The standard InChI is InChI=1S/C38H49ClN2O5S/c1-3-31-8-4-5-9-35(45-23-26-16-18-44-22-26)32-13-10-29(32)21-41-24-38(17-6-7-27-19-30(39)12-14-33(27)38)25-46-36-15-11-28(20-34(36)41)37(42)40-47(31,2)43/h5,9,11-12,14-15,19-20,26,29,31-32,35H,2-4,6-8,10,13,16-18,21-25H2,1H3,(H,40,42,43)/b9-5+/t26?,29-,31+,32+,35-,38-,47?/m0/s1. The summed E-state index contributed by atoms with van der Waals surface area (Å²) in [6.07, 6.45) is 13.0. The van der Waals surface area contributed by atoms with Gasteiger partial charge >= 0.3 is 0 Å². The van der Waals surface area contributed by atoms with E-state index in [-0.39, 0.29) is 22.7 Å². The Hall–Kier alpha value is -2.52. The zero-order valence-electron chi connectivity index (χ0n) is 27.6. The Labute approximate surface area is 285 Å². The number of nitrogens with zero attached hydrogens (tertiary/aromatic N) is 1. The maximum absolute atomic E-state index is 13.9. The number of hydrogen-bond acceptors (Lipinski definition) is 6. The minimum atomic E-state index is -2.88. The summed E-state index contributed by atoms with van der Waals surface area (Å²) < 4.78 is 35.7. The third kappa shape index (κ3) is 6.85. The maximum atomic E-state index is 13.9. The van der Waals surface area contributed by atoms with Crippen molar-refractivity contribution in [2.24, 2.45) is 17.8 Å². The van der Waals surface area contributed by atoms with Gasteiger partial charge in [0.15, 0.2) is 0 Å². The van der Waals surface area contributed by atoms with Crippen LogP contribution in [0.2, 0.25) is 5.02 Å². The van der Waals surface area contributed by atoms with Gasteiger partial charge in [0.2, 0.25) is 0 Å². The van der Waals surface area contributed by atoms with Gasteiger partial charge in [0.1, 0.15) is 5.75 Å². The average Bonchev–Trinajstić information content (AvgIpc) is 3.51. The lowest BCUT2D eigenvalue weighted by molar-refractivity contribution is -0.0282. The number of ether oxygens (including phenoxy) is 3. The molecular weight excluding hydrogens is 632 g/mol. The van der Waals surface area contributed by atoms with Gasteiger partial charge in [-0.1, -0.05) is 36.7 Å². The topological polar surface area (TPSA) is 77.1 Å². The number of carbonyl (C=O) groups is 1. The first-order valence-electron chi connectivity index (χ1n) is 17.6. The molecule has 1 amide bonds. The number of halogens is 1. The van der Waals surface area contributed by atoms with Gasteiger partial charge in [0.25, 0.3) is 5.91 Å². The van der Waals surface area contributed by atoms with Crippen molar-refractivity contribution in [1.29, 1.82) is 0 Å². The largest absolute Gasteiger partial charge is 0.490 e. The predicted molar refractivity (Wildman–Crippen MR) is 190 cm³/mol. The molecule has 2 aromatic rings. The lowest BCUT2D eigenvalue weighted by atomic mass is 9.68. The van der Waals surface area contributed by atoms with E-state index in [4.69, 9.17) is 25.8 Å². The fourth-order valence-corrected chi connectivity index (χ4v) is 10.4. The first-order valence-corrected chi connectivity index (χ1v) is 19.8. The van der Waals surface area contributed by atoms with E-state index in [1.54, 1.807) is 6.07 Å². The normalized spacial score (nSPS) is 34.7. The van der Waals surface area contributed by atoms with Gasteiger partial charge in [0, 0.05) is 46.9 Å². The van der Waals surface area contributed by atoms with Crippen LogP contribution in [0.1, 0.15) is 79.8 Å². The van der Waals surface area contributed by atoms with Crippen molar-refractivity contribution in [3.63, 3.8) is 0 Å². The smallest absolute Gasteiger partial charge is 0.262 e. The predicted octanol–water partition coefficient (Wildman–Crippen LogP) is 6.75. The highest BCUT2D eigenvalue weighted by Gasteiger charge is 2.44. The number of carbonyl (C=O) groups excluding carboxylic acids is 1. The molecule has 2 aromatic carbocycles. The number of fused-ring (bicyclic) bond motifs is 4. The summed E-state index contributed by atoms with van der Waals surface area (Å²) in [5, 5.41) is 0.544. The third-order valence-electron chi connectivity index (χ3n) is 11.4. The minimum Gasteiger partial charge on any atom is -0.490 e. The molecule has 3 aliphatic heterocycles. The van der Waals surface area contributed by atoms with Crippen molar-refractivity contribution in [3.05, 3.63) is 70.3 Å².